The first kappa shape index (κ1) is 19.1. The number of likely N-dealkylation sites (tertiary alicyclic amines) is 1. The Kier molecular flexibility index (Phi) is 5.00. The first-order valence-electron chi connectivity index (χ1n) is 9.08. The van der Waals surface area contributed by atoms with Crippen LogP contribution < -0.4 is 4.72 Å². The van der Waals surface area contributed by atoms with E-state index in [1.165, 1.54) is 24.3 Å². The third-order valence-electron chi connectivity index (χ3n) is 5.16. The van der Waals surface area contributed by atoms with E-state index in [1.54, 1.807) is 17.9 Å². The number of nitrogens with zero attached hydrogens (tertiary/aromatic N) is 2. The minimum absolute atomic E-state index is 0.0143. The van der Waals surface area contributed by atoms with Crippen molar-refractivity contribution in [1.29, 1.82) is 0 Å². The number of hydrogen-bond acceptors (Lipinski definition) is 6. The number of aryl methyl sites for hydroxylation is 1. The summed E-state index contributed by atoms with van der Waals surface area (Å²) in [5.41, 5.74) is 0.294. The predicted molar refractivity (Wildman–Crippen MR) is 104 cm³/mol. The number of carbonyl (C=O) groups is 1. The smallest absolute Gasteiger partial charge is 0.263 e. The van der Waals surface area contributed by atoms with Gasteiger partial charge < -0.3 is 9.42 Å². The molecule has 2 fully saturated rings. The second-order valence-corrected chi connectivity index (χ2v) is 10.8. The molecule has 0 aliphatic carbocycles. The third-order valence-corrected chi connectivity index (χ3v) is 8.68. The van der Waals surface area contributed by atoms with Gasteiger partial charge in [-0.2, -0.15) is 0 Å². The normalized spacial score (nSPS) is 24.8. The largest absolute Gasteiger partial charge is 0.360 e. The van der Waals surface area contributed by atoms with Crippen molar-refractivity contribution in [1.82, 2.24) is 10.1 Å². The average molecular weight is 424 g/mol. The summed E-state index contributed by atoms with van der Waals surface area (Å²) in [5, 5.41) is 3.81. The lowest BCUT2D eigenvalue weighted by Gasteiger charge is -2.24. The van der Waals surface area contributed by atoms with E-state index in [0.29, 0.717) is 24.4 Å². The highest BCUT2D eigenvalue weighted by Crippen LogP contribution is 2.30. The molecule has 0 saturated carbocycles. The van der Waals surface area contributed by atoms with Crippen molar-refractivity contribution in [2.24, 2.45) is 0 Å². The molecule has 3 unspecified atom stereocenters. The molecule has 0 radical (unpaired) electrons. The fourth-order valence-electron chi connectivity index (χ4n) is 3.71. The van der Waals surface area contributed by atoms with E-state index in [9.17, 15) is 17.4 Å². The van der Waals surface area contributed by atoms with Gasteiger partial charge in [0, 0.05) is 40.8 Å². The van der Waals surface area contributed by atoms with Gasteiger partial charge in [-0.05, 0) is 44.4 Å². The number of nitrogens with one attached hydrogen (secondary N) is 1. The highest BCUT2D eigenvalue weighted by atomic mass is 32.2. The molecule has 1 aromatic carbocycles. The third kappa shape index (κ3) is 3.70. The Labute approximate surface area is 165 Å². The van der Waals surface area contributed by atoms with E-state index in [1.807, 2.05) is 0 Å². The Hall–Kier alpha value is -2.20. The minimum atomic E-state index is -3.90. The maximum Gasteiger partial charge on any atom is 0.263 e. The molecular formula is C18H21N3O5S2. The van der Waals surface area contributed by atoms with Gasteiger partial charge in [0.2, 0.25) is 0 Å². The first-order valence-corrected chi connectivity index (χ1v) is 11.8. The van der Waals surface area contributed by atoms with Gasteiger partial charge in [0.25, 0.3) is 15.9 Å². The van der Waals surface area contributed by atoms with Crippen LogP contribution in [0.1, 0.15) is 35.4 Å². The molecule has 3 heterocycles. The fourth-order valence-corrected chi connectivity index (χ4v) is 6.69. The van der Waals surface area contributed by atoms with Gasteiger partial charge in [-0.3, -0.25) is 13.7 Å². The molecule has 2 bridgehead atoms. The second-order valence-electron chi connectivity index (χ2n) is 7.15. The Balaban J connectivity index is 1.54. The van der Waals surface area contributed by atoms with E-state index in [0.717, 1.165) is 19.3 Å². The number of hydrogen-bond donors (Lipinski definition) is 1. The summed E-state index contributed by atoms with van der Waals surface area (Å²) in [5.74, 6) is 0.327. The molecule has 2 aliphatic heterocycles. The van der Waals surface area contributed by atoms with E-state index in [4.69, 9.17) is 4.52 Å². The molecule has 28 heavy (non-hydrogen) atoms. The maximum atomic E-state index is 13.0. The van der Waals surface area contributed by atoms with Crippen molar-refractivity contribution in [2.45, 2.75) is 41.6 Å². The zero-order valence-corrected chi connectivity index (χ0v) is 17.0. The monoisotopic (exact) mass is 423 g/mol. The van der Waals surface area contributed by atoms with Crippen LogP contribution in [0.2, 0.25) is 0 Å². The number of carbonyl (C=O) groups excluding carboxylic acids is 1. The van der Waals surface area contributed by atoms with E-state index in [2.05, 4.69) is 9.88 Å². The fraction of sp³-hybridized carbons (Fsp3) is 0.444. The number of fused-ring (bicyclic) bond motifs is 2. The van der Waals surface area contributed by atoms with Crippen LogP contribution in [0.4, 0.5) is 5.82 Å². The molecule has 2 saturated heterocycles. The van der Waals surface area contributed by atoms with Gasteiger partial charge in [-0.25, -0.2) is 8.42 Å². The summed E-state index contributed by atoms with van der Waals surface area (Å²) in [6.45, 7) is 2.65. The van der Waals surface area contributed by atoms with Crippen LogP contribution in [0, 0.1) is 6.92 Å². The average Bonchev–Trinajstić information content (AvgIpc) is 3.16. The van der Waals surface area contributed by atoms with Crippen LogP contribution >= 0.6 is 0 Å². The highest BCUT2D eigenvalue weighted by molar-refractivity contribution is 7.92. The Morgan fingerprint density at radius 3 is 2.79 bits per heavy atom. The van der Waals surface area contributed by atoms with Gasteiger partial charge in [-0.15, -0.1) is 0 Å². The number of rotatable bonds is 4. The lowest BCUT2D eigenvalue weighted by molar-refractivity contribution is 0.0751. The number of amides is 1. The van der Waals surface area contributed by atoms with Crippen LogP contribution in [0.5, 0.6) is 0 Å². The van der Waals surface area contributed by atoms with Gasteiger partial charge in [0.1, 0.15) is 5.76 Å². The number of benzene rings is 1. The molecule has 1 N–H and O–H groups in total. The van der Waals surface area contributed by atoms with E-state index >= 15 is 0 Å². The molecule has 2 aliphatic rings. The van der Waals surface area contributed by atoms with Gasteiger partial charge in [-0.1, -0.05) is 11.2 Å². The zero-order valence-electron chi connectivity index (χ0n) is 15.3. The van der Waals surface area contributed by atoms with Crippen molar-refractivity contribution in [3.8, 4) is 0 Å². The first-order chi connectivity index (χ1) is 13.3. The van der Waals surface area contributed by atoms with Crippen LogP contribution in [0.25, 0.3) is 0 Å². The summed E-state index contributed by atoms with van der Waals surface area (Å²) in [4.78, 5) is 14.6. The van der Waals surface area contributed by atoms with Crippen molar-refractivity contribution >= 4 is 32.5 Å². The van der Waals surface area contributed by atoms with Gasteiger partial charge >= 0.3 is 0 Å². The minimum Gasteiger partial charge on any atom is -0.360 e. The summed E-state index contributed by atoms with van der Waals surface area (Å²) in [6.07, 6.45) is 2.55. The van der Waals surface area contributed by atoms with Crippen molar-refractivity contribution in [3.63, 3.8) is 0 Å². The quantitative estimate of drug-likeness (QED) is 0.804. The Morgan fingerprint density at radius 1 is 1.25 bits per heavy atom. The summed E-state index contributed by atoms with van der Waals surface area (Å²) < 4.78 is 44.8. The van der Waals surface area contributed by atoms with Crippen LogP contribution in [-0.4, -0.2) is 52.2 Å². The van der Waals surface area contributed by atoms with Crippen LogP contribution in [0.15, 0.2) is 39.8 Å². The zero-order chi connectivity index (χ0) is 19.9. The van der Waals surface area contributed by atoms with Crippen molar-refractivity contribution in [3.05, 3.63) is 41.7 Å². The molecule has 4 rings (SSSR count). The standard InChI is InChI=1S/C18H21N3O5S2/c1-12-9-17(19-26-12)20-28(24,25)16-4-2-3-13(10-16)18(22)21-8-7-14-5-6-15(11-21)27(14)23/h2-4,9-10,14-15H,5-8,11H2,1H3,(H,19,20). The van der Waals surface area contributed by atoms with Crippen LogP contribution in [0.3, 0.4) is 0 Å². The Bertz CT molecular complexity index is 1030. The van der Waals surface area contributed by atoms with Gasteiger partial charge in [0.05, 0.1) is 10.1 Å². The number of anilines is 1. The van der Waals surface area contributed by atoms with Crippen molar-refractivity contribution < 1.29 is 21.9 Å². The van der Waals surface area contributed by atoms with Crippen LogP contribution in [-0.2, 0) is 20.8 Å². The lowest BCUT2D eigenvalue weighted by Crippen LogP contribution is -2.37. The van der Waals surface area contributed by atoms with E-state index in [-0.39, 0.29) is 27.1 Å². The number of aromatic nitrogens is 1. The molecule has 8 nitrogen and oxygen atoms in total. The molecule has 2 aromatic rings. The van der Waals surface area contributed by atoms with E-state index < -0.39 is 20.8 Å². The summed E-state index contributed by atoms with van der Waals surface area (Å²) in [7, 11) is -4.79. The molecule has 150 valence electrons. The maximum absolute atomic E-state index is 13.0. The van der Waals surface area contributed by atoms with Crippen molar-refractivity contribution in [2.75, 3.05) is 17.8 Å². The molecule has 1 aromatic heterocycles. The summed E-state index contributed by atoms with van der Waals surface area (Å²) in [6, 6.07) is 7.39. The van der Waals surface area contributed by atoms with Gasteiger partial charge in [0.15, 0.2) is 5.82 Å². The second kappa shape index (κ2) is 7.32. The molecule has 10 heteroatoms. The predicted octanol–water partition coefficient (Wildman–Crippen LogP) is 1.91. The lowest BCUT2D eigenvalue weighted by atomic mass is 10.1. The molecule has 3 atom stereocenters. The summed E-state index contributed by atoms with van der Waals surface area (Å²) >= 11 is 0. The molecular weight excluding hydrogens is 402 g/mol. The topological polar surface area (TPSA) is 110 Å². The number of sulfonamides is 1. The molecule has 0 spiro atoms. The highest BCUT2D eigenvalue weighted by Gasteiger charge is 2.38. The SMILES string of the molecule is Cc1cc(NS(=O)(=O)c2cccc(C(=O)N3CCC4CCC(C3)S4=O)c2)no1. The Morgan fingerprint density at radius 2 is 2.04 bits per heavy atom. The molecule has 1 amide bonds.